The van der Waals surface area contributed by atoms with Gasteiger partial charge >= 0.3 is 0 Å². The minimum Gasteiger partial charge on any atom is -0.205 e. The number of hydrogen-bond donors (Lipinski definition) is 1. The lowest BCUT2D eigenvalue weighted by Gasteiger charge is -2.44. The van der Waals surface area contributed by atoms with E-state index in [1.165, 1.54) is 32.1 Å². The average molecular weight is 166 g/mol. The molecule has 1 spiro atoms. The first-order valence-electron chi connectivity index (χ1n) is 4.86. The average Bonchev–Trinajstić information content (AvgIpc) is 2.55. The minimum absolute atomic E-state index is 0.0127. The monoisotopic (exact) mass is 166 g/mol. The molecule has 0 aromatic heterocycles. The molecule has 3 aliphatic carbocycles. The molecule has 1 radical (unpaired) electrons. The third-order valence-corrected chi connectivity index (χ3v) is 3.72. The third-order valence-electron chi connectivity index (χ3n) is 3.72. The van der Waals surface area contributed by atoms with Gasteiger partial charge in [-0.15, -0.1) is 0 Å². The molecule has 0 amide bonds. The molecule has 2 bridgehead atoms. The third kappa shape index (κ3) is 0.774. The van der Waals surface area contributed by atoms with Crippen LogP contribution in [0.3, 0.4) is 0 Å². The van der Waals surface area contributed by atoms with Gasteiger partial charge in [-0.25, -0.2) is 4.84 Å². The van der Waals surface area contributed by atoms with E-state index in [2.05, 4.69) is 10.7 Å². The second kappa shape index (κ2) is 2.22. The second-order valence-corrected chi connectivity index (χ2v) is 4.33. The quantitative estimate of drug-likeness (QED) is 0.577. The largest absolute Gasteiger partial charge is 0.289 e. The van der Waals surface area contributed by atoms with Crippen LogP contribution in [0.2, 0.25) is 0 Å². The molecule has 0 aromatic rings. The molecule has 65 valence electrons. The highest BCUT2D eigenvalue weighted by Crippen LogP contribution is 2.48. The van der Waals surface area contributed by atoms with E-state index in [9.17, 15) is 0 Å². The maximum Gasteiger partial charge on any atom is 0.289 e. The predicted molar refractivity (Wildman–Crippen MR) is 45.2 cm³/mol. The van der Waals surface area contributed by atoms with Gasteiger partial charge in [0.2, 0.25) is 0 Å². The molecule has 3 heteroatoms. The Morgan fingerprint density at radius 2 is 2.17 bits per heavy atom. The fraction of sp³-hybridized carbons (Fsp3) is 0.889. The summed E-state index contributed by atoms with van der Waals surface area (Å²) in [6.45, 7) is 0. The minimum atomic E-state index is -0.0127. The zero-order valence-corrected chi connectivity index (χ0v) is 7.12. The highest BCUT2D eigenvalue weighted by atomic mass is 16.7. The molecular weight excluding hydrogens is 152 g/mol. The summed E-state index contributed by atoms with van der Waals surface area (Å²) in [5.74, 6) is 1.61. The number of hydrazone groups is 1. The summed E-state index contributed by atoms with van der Waals surface area (Å²) < 4.78 is 0. The van der Waals surface area contributed by atoms with Crippen LogP contribution in [-0.4, -0.2) is 11.8 Å². The summed E-state index contributed by atoms with van der Waals surface area (Å²) in [4.78, 5) is 5.54. The van der Waals surface area contributed by atoms with Crippen molar-refractivity contribution in [3.63, 3.8) is 0 Å². The molecular formula is C9H14N2O+. The first-order chi connectivity index (χ1) is 5.89. The van der Waals surface area contributed by atoms with E-state index in [1.807, 2.05) is 6.21 Å². The Labute approximate surface area is 72.1 Å². The Morgan fingerprint density at radius 1 is 1.33 bits per heavy atom. The topological polar surface area (TPSA) is 35.4 Å². The van der Waals surface area contributed by atoms with E-state index >= 15 is 0 Å². The summed E-state index contributed by atoms with van der Waals surface area (Å²) in [6.07, 6.45) is 8.65. The molecule has 1 heterocycles. The van der Waals surface area contributed by atoms with Gasteiger partial charge in [0.15, 0.2) is 10.7 Å². The van der Waals surface area contributed by atoms with Gasteiger partial charge in [0.25, 0.3) is 6.21 Å². The predicted octanol–water partition coefficient (Wildman–Crippen LogP) is 0.792. The van der Waals surface area contributed by atoms with E-state index in [1.54, 1.807) is 0 Å². The van der Waals surface area contributed by atoms with Crippen molar-refractivity contribution in [2.24, 2.45) is 11.8 Å². The molecule has 1 unspecified atom stereocenters. The van der Waals surface area contributed by atoms with Gasteiger partial charge in [-0.2, -0.15) is 0 Å². The Bertz CT molecular complexity index is 221. The van der Waals surface area contributed by atoms with Gasteiger partial charge in [0, 0.05) is 11.5 Å². The SMILES string of the molecule is C1=[N+]NOC12CC1CCC2CC1. The maximum absolute atomic E-state index is 5.54. The standard InChI is InChI=1S/C9H14N2O/c1-3-8-4-2-7(1)5-9(8)6-10-11-12-9/h6-8,11H,1-5H2/q+1. The van der Waals surface area contributed by atoms with Crippen LogP contribution in [0.15, 0.2) is 0 Å². The lowest BCUT2D eigenvalue weighted by molar-refractivity contribution is -0.126. The molecule has 1 atom stereocenters. The summed E-state index contributed by atoms with van der Waals surface area (Å²) in [7, 11) is 0. The Balaban J connectivity index is 1.91. The molecule has 1 aliphatic heterocycles. The van der Waals surface area contributed by atoms with Crippen molar-refractivity contribution in [2.75, 3.05) is 0 Å². The molecule has 3 fully saturated rings. The fourth-order valence-corrected chi connectivity index (χ4v) is 3.03. The van der Waals surface area contributed by atoms with Crippen molar-refractivity contribution >= 4 is 6.21 Å². The van der Waals surface area contributed by atoms with Gasteiger partial charge < -0.3 is 0 Å². The van der Waals surface area contributed by atoms with E-state index in [0.717, 1.165) is 11.8 Å². The lowest BCUT2D eigenvalue weighted by Crippen LogP contribution is -2.49. The van der Waals surface area contributed by atoms with Crippen LogP contribution in [0.5, 0.6) is 0 Å². The second-order valence-electron chi connectivity index (χ2n) is 4.33. The van der Waals surface area contributed by atoms with Crippen LogP contribution in [0.4, 0.5) is 0 Å². The Kier molecular flexibility index (Phi) is 1.28. The lowest BCUT2D eigenvalue weighted by atomic mass is 9.62. The van der Waals surface area contributed by atoms with Gasteiger partial charge in [-0.1, -0.05) is 0 Å². The molecule has 4 rings (SSSR count). The molecule has 1 N–H and O–H groups in total. The van der Waals surface area contributed by atoms with E-state index in [4.69, 9.17) is 4.84 Å². The molecule has 3 nitrogen and oxygen atoms in total. The Morgan fingerprint density at radius 3 is 2.67 bits per heavy atom. The van der Waals surface area contributed by atoms with Crippen LogP contribution in [0.25, 0.3) is 0 Å². The van der Waals surface area contributed by atoms with Crippen LogP contribution >= 0.6 is 0 Å². The van der Waals surface area contributed by atoms with Gasteiger partial charge in [-0.3, -0.25) is 0 Å². The first-order valence-corrected chi connectivity index (χ1v) is 4.86. The maximum atomic E-state index is 5.54. The highest BCUT2D eigenvalue weighted by Gasteiger charge is 2.54. The summed E-state index contributed by atoms with van der Waals surface area (Å²) in [6, 6.07) is 0. The van der Waals surface area contributed by atoms with E-state index in [0.29, 0.717) is 0 Å². The number of rotatable bonds is 0. The normalized spacial score (nSPS) is 50.0. The van der Waals surface area contributed by atoms with E-state index < -0.39 is 0 Å². The van der Waals surface area contributed by atoms with Crippen LogP contribution in [0.1, 0.15) is 32.1 Å². The van der Waals surface area contributed by atoms with Crippen molar-refractivity contribution in [2.45, 2.75) is 37.7 Å². The van der Waals surface area contributed by atoms with Gasteiger partial charge in [0.1, 0.15) is 0 Å². The molecule has 0 saturated heterocycles. The zero-order chi connectivity index (χ0) is 8.02. The number of nitrogens with zero attached hydrogens (tertiary/aromatic N) is 1. The van der Waals surface area contributed by atoms with Crippen molar-refractivity contribution in [1.82, 2.24) is 10.7 Å². The van der Waals surface area contributed by atoms with Crippen LogP contribution in [0, 0.1) is 11.8 Å². The van der Waals surface area contributed by atoms with E-state index in [-0.39, 0.29) is 5.60 Å². The van der Waals surface area contributed by atoms with Crippen molar-refractivity contribution in [1.29, 1.82) is 0 Å². The van der Waals surface area contributed by atoms with Crippen molar-refractivity contribution < 1.29 is 4.84 Å². The number of hydrogen-bond acceptors (Lipinski definition) is 3. The van der Waals surface area contributed by atoms with Crippen molar-refractivity contribution in [3.8, 4) is 0 Å². The van der Waals surface area contributed by atoms with Gasteiger partial charge in [0.05, 0.1) is 0 Å². The molecule has 4 aliphatic rings. The summed E-state index contributed by atoms with van der Waals surface area (Å²) in [5.41, 5.74) is 2.62. The molecule has 3 saturated carbocycles. The van der Waals surface area contributed by atoms with Crippen molar-refractivity contribution in [3.05, 3.63) is 0 Å². The number of nitrogens with one attached hydrogen (secondary N) is 1. The van der Waals surface area contributed by atoms with Gasteiger partial charge in [-0.05, 0) is 38.0 Å². The Hall–Kier alpha value is -0.570. The van der Waals surface area contributed by atoms with Crippen LogP contribution < -0.4 is 10.7 Å². The number of fused-ring (bicyclic) bond motifs is 2. The summed E-state index contributed by atoms with van der Waals surface area (Å²) in [5, 5.41) is 3.98. The highest BCUT2D eigenvalue weighted by molar-refractivity contribution is 5.69. The zero-order valence-electron chi connectivity index (χ0n) is 7.12. The van der Waals surface area contributed by atoms with Crippen LogP contribution in [-0.2, 0) is 4.84 Å². The smallest absolute Gasteiger partial charge is 0.205 e. The summed E-state index contributed by atoms with van der Waals surface area (Å²) >= 11 is 0. The fourth-order valence-electron chi connectivity index (χ4n) is 3.03. The first kappa shape index (κ1) is 6.89. The molecule has 0 aromatic carbocycles. The molecule has 12 heavy (non-hydrogen) atoms.